The van der Waals surface area contributed by atoms with Crippen molar-refractivity contribution in [2.75, 3.05) is 0 Å². The van der Waals surface area contributed by atoms with Crippen molar-refractivity contribution < 1.29 is 6.22 Å². The molecule has 0 aliphatic heterocycles. The first-order chi connectivity index (χ1) is 6.00. The number of carbonyl (C=O) groups excluding carboxylic acids is 1. The Morgan fingerprint density at radius 3 is 2.00 bits per heavy atom. The van der Waals surface area contributed by atoms with Crippen molar-refractivity contribution in [3.63, 3.8) is 0 Å². The summed E-state index contributed by atoms with van der Waals surface area (Å²) in [5.41, 5.74) is 3.15. The van der Waals surface area contributed by atoms with Crippen LogP contribution in [-0.2, 0) is 0 Å². The summed E-state index contributed by atoms with van der Waals surface area (Å²) in [6.45, 7) is 7.90. The molecule has 0 amide bonds. The number of benzene rings is 1. The highest BCUT2D eigenvalue weighted by Gasteiger charge is 2.10. The van der Waals surface area contributed by atoms with E-state index in [1.807, 2.05) is 39.8 Å². The molecule has 0 radical (unpaired) electrons. The van der Waals surface area contributed by atoms with Crippen molar-refractivity contribution in [2.45, 2.75) is 27.7 Å². The normalized spacial score (nSPS) is 10.5. The minimum Gasteiger partial charge on any atom is -0.294 e. The fourth-order valence-electron chi connectivity index (χ4n) is 1.45. The summed E-state index contributed by atoms with van der Waals surface area (Å²) in [6, 6.07) is 5.99. The Hall–Kier alpha value is -1.11. The van der Waals surface area contributed by atoms with Crippen LogP contribution in [0, 0.1) is 19.8 Å². The summed E-state index contributed by atoms with van der Waals surface area (Å²) in [4.78, 5) is 11.6. The topological polar surface area (TPSA) is 17.1 Å². The zero-order valence-electron chi connectivity index (χ0n) is 8.72. The molecule has 1 aromatic rings. The van der Waals surface area contributed by atoms with Crippen LogP contribution in [0.1, 0.15) is 36.8 Å². The van der Waals surface area contributed by atoms with Gasteiger partial charge in [0.15, 0.2) is 5.78 Å². The lowest BCUT2D eigenvalue weighted by Crippen LogP contribution is -2.07. The lowest BCUT2D eigenvalue weighted by atomic mass is 9.98. The van der Waals surface area contributed by atoms with Gasteiger partial charge in [-0.25, -0.2) is 0 Å². The van der Waals surface area contributed by atoms with Gasteiger partial charge in [-0.15, -0.1) is 0 Å². The van der Waals surface area contributed by atoms with E-state index in [0.29, 0.717) is 0 Å². The van der Waals surface area contributed by atoms with Gasteiger partial charge < -0.3 is 0 Å². The van der Waals surface area contributed by atoms with Crippen LogP contribution < -0.4 is 0 Å². The minimum atomic E-state index is 0. The van der Waals surface area contributed by atoms with E-state index in [2.05, 4.69) is 6.07 Å². The molecule has 72 valence electrons. The molecule has 1 nitrogen and oxygen atoms in total. The SMILES string of the molecule is Cc1cc(C)cc(C(=O)C(C)C)c1.[HH]. The van der Waals surface area contributed by atoms with Crippen LogP contribution in [0.5, 0.6) is 0 Å². The van der Waals surface area contributed by atoms with Gasteiger partial charge in [0, 0.05) is 12.9 Å². The van der Waals surface area contributed by atoms with Crippen LogP contribution in [-0.4, -0.2) is 5.78 Å². The zero-order chi connectivity index (χ0) is 10.0. The second-order valence-electron chi connectivity index (χ2n) is 3.90. The number of ketones is 1. The second-order valence-corrected chi connectivity index (χ2v) is 3.90. The van der Waals surface area contributed by atoms with Gasteiger partial charge in [-0.1, -0.05) is 31.0 Å². The van der Waals surface area contributed by atoms with E-state index in [-0.39, 0.29) is 13.1 Å². The predicted octanol–water partition coefficient (Wildman–Crippen LogP) is 3.39. The number of Topliss-reactive ketones (excluding diaryl/α,β-unsaturated/α-hetero) is 1. The average Bonchev–Trinajstić information content (AvgIpc) is 2.01. The summed E-state index contributed by atoms with van der Waals surface area (Å²) in [5, 5.41) is 0. The second kappa shape index (κ2) is 3.73. The third-order valence-corrected chi connectivity index (χ3v) is 2.03. The van der Waals surface area contributed by atoms with Crippen molar-refractivity contribution >= 4 is 5.78 Å². The van der Waals surface area contributed by atoms with E-state index in [9.17, 15) is 4.79 Å². The molecule has 1 heteroatoms. The molecule has 1 aromatic carbocycles. The Labute approximate surface area is 81.3 Å². The Morgan fingerprint density at radius 1 is 1.15 bits per heavy atom. The molecule has 13 heavy (non-hydrogen) atoms. The first kappa shape index (κ1) is 9.97. The van der Waals surface area contributed by atoms with Crippen LogP contribution in [0.25, 0.3) is 0 Å². The Kier molecular flexibility index (Phi) is 2.86. The molecule has 0 fully saturated rings. The molecule has 0 atom stereocenters. The fraction of sp³-hybridized carbons (Fsp3) is 0.417. The fourth-order valence-corrected chi connectivity index (χ4v) is 1.45. The largest absolute Gasteiger partial charge is 0.294 e. The third kappa shape index (κ3) is 2.41. The van der Waals surface area contributed by atoms with Crippen LogP contribution in [0.15, 0.2) is 18.2 Å². The summed E-state index contributed by atoms with van der Waals surface area (Å²) < 4.78 is 0. The van der Waals surface area contributed by atoms with Gasteiger partial charge in [0.2, 0.25) is 0 Å². The molecule has 0 heterocycles. The van der Waals surface area contributed by atoms with E-state index in [0.717, 1.165) is 16.7 Å². The maximum absolute atomic E-state index is 11.6. The van der Waals surface area contributed by atoms with Crippen molar-refractivity contribution in [3.05, 3.63) is 34.9 Å². The van der Waals surface area contributed by atoms with E-state index < -0.39 is 0 Å². The molecule has 0 aliphatic rings. The first-order valence-electron chi connectivity index (χ1n) is 4.63. The van der Waals surface area contributed by atoms with Gasteiger partial charge in [0.05, 0.1) is 0 Å². The number of aryl methyl sites for hydroxylation is 2. The van der Waals surface area contributed by atoms with Crippen molar-refractivity contribution in [2.24, 2.45) is 5.92 Å². The molecule has 0 aliphatic carbocycles. The lowest BCUT2D eigenvalue weighted by molar-refractivity contribution is 0.0939. The van der Waals surface area contributed by atoms with Gasteiger partial charge in [-0.3, -0.25) is 4.79 Å². The quantitative estimate of drug-likeness (QED) is 0.634. The molecule has 0 saturated heterocycles. The maximum Gasteiger partial charge on any atom is 0.165 e. The number of hydrogen-bond donors (Lipinski definition) is 0. The zero-order valence-corrected chi connectivity index (χ0v) is 8.72. The van der Waals surface area contributed by atoms with E-state index in [1.165, 1.54) is 0 Å². The number of hydrogen-bond acceptors (Lipinski definition) is 1. The Morgan fingerprint density at radius 2 is 1.62 bits per heavy atom. The van der Waals surface area contributed by atoms with Crippen LogP contribution in [0.2, 0.25) is 0 Å². The average molecular weight is 178 g/mol. The summed E-state index contributed by atoms with van der Waals surface area (Å²) >= 11 is 0. The molecule has 0 unspecified atom stereocenters. The highest BCUT2D eigenvalue weighted by Crippen LogP contribution is 2.13. The van der Waals surface area contributed by atoms with E-state index >= 15 is 0 Å². The number of carbonyl (C=O) groups is 1. The number of rotatable bonds is 2. The molecule has 0 aromatic heterocycles. The van der Waals surface area contributed by atoms with Crippen molar-refractivity contribution in [1.82, 2.24) is 0 Å². The standard InChI is InChI=1S/C12H16O.H2/c1-8(2)12(13)11-6-9(3)5-10(4)7-11;/h5-8H,1-4H3;1H. The highest BCUT2D eigenvalue weighted by molar-refractivity contribution is 5.97. The molecule has 0 N–H and O–H groups in total. The summed E-state index contributed by atoms with van der Waals surface area (Å²) in [5.74, 6) is 0.313. The van der Waals surface area contributed by atoms with Gasteiger partial charge in [0.1, 0.15) is 0 Å². The predicted molar refractivity (Wildman–Crippen MR) is 57.2 cm³/mol. The molecule has 0 spiro atoms. The lowest BCUT2D eigenvalue weighted by Gasteiger charge is -2.06. The molecule has 1 rings (SSSR count). The third-order valence-electron chi connectivity index (χ3n) is 2.03. The molecular weight excluding hydrogens is 160 g/mol. The molecule has 0 bridgehead atoms. The van der Waals surface area contributed by atoms with Crippen LogP contribution in [0.4, 0.5) is 0 Å². The van der Waals surface area contributed by atoms with Crippen molar-refractivity contribution in [1.29, 1.82) is 0 Å². The molecule has 0 saturated carbocycles. The van der Waals surface area contributed by atoms with E-state index in [4.69, 9.17) is 0 Å². The van der Waals surface area contributed by atoms with Gasteiger partial charge in [0.25, 0.3) is 0 Å². The highest BCUT2D eigenvalue weighted by atomic mass is 16.1. The summed E-state index contributed by atoms with van der Waals surface area (Å²) in [7, 11) is 0. The molecular formula is C12H18O. The van der Waals surface area contributed by atoms with E-state index in [1.54, 1.807) is 0 Å². The van der Waals surface area contributed by atoms with Gasteiger partial charge in [-0.05, 0) is 26.0 Å². The smallest absolute Gasteiger partial charge is 0.165 e. The first-order valence-corrected chi connectivity index (χ1v) is 4.63. The monoisotopic (exact) mass is 178 g/mol. The van der Waals surface area contributed by atoms with Crippen LogP contribution in [0.3, 0.4) is 0 Å². The van der Waals surface area contributed by atoms with Crippen LogP contribution >= 0.6 is 0 Å². The Bertz CT molecular complexity index is 309. The van der Waals surface area contributed by atoms with Crippen molar-refractivity contribution in [3.8, 4) is 0 Å². The maximum atomic E-state index is 11.6. The minimum absolute atomic E-state index is 0. The van der Waals surface area contributed by atoms with Gasteiger partial charge in [-0.2, -0.15) is 0 Å². The van der Waals surface area contributed by atoms with Gasteiger partial charge >= 0.3 is 0 Å². The summed E-state index contributed by atoms with van der Waals surface area (Å²) in [6.07, 6.45) is 0. The Balaban J connectivity index is 0.00000169.